The quantitative estimate of drug-likeness (QED) is 0.568. The number of nitrogens with one attached hydrogen (secondary N) is 1. The molecule has 1 N–H and O–H groups in total. The SMILES string of the molecule is CC(C)CNc1ncc2c(n1)CC=C2c1ccn2ncc(-c3cnn(C)c3)c2c1. The van der Waals surface area contributed by atoms with Crippen molar-refractivity contribution in [1.82, 2.24) is 29.4 Å². The Hall–Kier alpha value is -3.48. The van der Waals surface area contributed by atoms with E-state index in [-0.39, 0.29) is 0 Å². The molecular formula is C22H23N7. The number of aryl methyl sites for hydroxylation is 1. The van der Waals surface area contributed by atoms with Crippen LogP contribution in [0, 0.1) is 5.92 Å². The third kappa shape index (κ3) is 3.18. The number of nitrogens with zero attached hydrogens (tertiary/aromatic N) is 6. The van der Waals surface area contributed by atoms with Gasteiger partial charge in [-0.2, -0.15) is 10.2 Å². The van der Waals surface area contributed by atoms with Crippen molar-refractivity contribution in [2.45, 2.75) is 20.3 Å². The fourth-order valence-electron chi connectivity index (χ4n) is 3.69. The largest absolute Gasteiger partial charge is 0.354 e. The van der Waals surface area contributed by atoms with E-state index in [2.05, 4.69) is 52.6 Å². The molecule has 5 rings (SSSR count). The number of allylic oxidation sites excluding steroid dienone is 1. The molecule has 0 aromatic carbocycles. The predicted octanol–water partition coefficient (Wildman–Crippen LogP) is 3.58. The molecule has 1 aliphatic carbocycles. The molecular weight excluding hydrogens is 362 g/mol. The van der Waals surface area contributed by atoms with Crippen molar-refractivity contribution in [3.8, 4) is 11.1 Å². The van der Waals surface area contributed by atoms with Crippen molar-refractivity contribution in [2.24, 2.45) is 13.0 Å². The monoisotopic (exact) mass is 385 g/mol. The molecule has 0 bridgehead atoms. The van der Waals surface area contributed by atoms with Gasteiger partial charge in [0.1, 0.15) is 0 Å². The van der Waals surface area contributed by atoms with Gasteiger partial charge in [0.25, 0.3) is 0 Å². The van der Waals surface area contributed by atoms with Crippen LogP contribution >= 0.6 is 0 Å². The number of anilines is 1. The average molecular weight is 385 g/mol. The van der Waals surface area contributed by atoms with Crippen molar-refractivity contribution >= 4 is 17.0 Å². The summed E-state index contributed by atoms with van der Waals surface area (Å²) in [7, 11) is 1.92. The van der Waals surface area contributed by atoms with Crippen LogP contribution in [-0.4, -0.2) is 35.9 Å². The van der Waals surface area contributed by atoms with E-state index in [0.717, 1.165) is 46.4 Å². The van der Waals surface area contributed by atoms with Crippen molar-refractivity contribution in [2.75, 3.05) is 11.9 Å². The third-order valence-corrected chi connectivity index (χ3v) is 5.17. The van der Waals surface area contributed by atoms with Crippen LogP contribution in [0.1, 0.15) is 30.7 Å². The summed E-state index contributed by atoms with van der Waals surface area (Å²) in [6.45, 7) is 5.22. The normalized spacial score (nSPS) is 13.2. The number of aromatic nitrogens is 6. The van der Waals surface area contributed by atoms with Gasteiger partial charge < -0.3 is 5.32 Å². The van der Waals surface area contributed by atoms with Gasteiger partial charge in [-0.15, -0.1) is 0 Å². The lowest BCUT2D eigenvalue weighted by atomic mass is 10.0. The molecule has 146 valence electrons. The number of hydrogen-bond donors (Lipinski definition) is 1. The lowest BCUT2D eigenvalue weighted by Crippen LogP contribution is -2.11. The molecule has 29 heavy (non-hydrogen) atoms. The fraction of sp³-hybridized carbons (Fsp3) is 0.273. The minimum absolute atomic E-state index is 0.553. The van der Waals surface area contributed by atoms with Crippen molar-refractivity contribution < 1.29 is 0 Å². The second-order valence-corrected chi connectivity index (χ2v) is 7.86. The molecule has 0 aliphatic heterocycles. The van der Waals surface area contributed by atoms with Crippen molar-refractivity contribution in [3.63, 3.8) is 0 Å². The zero-order valence-corrected chi connectivity index (χ0v) is 16.8. The first-order valence-corrected chi connectivity index (χ1v) is 9.85. The van der Waals surface area contributed by atoms with E-state index < -0.39 is 0 Å². The second-order valence-electron chi connectivity index (χ2n) is 7.86. The fourth-order valence-corrected chi connectivity index (χ4v) is 3.69. The second kappa shape index (κ2) is 6.84. The molecule has 4 aromatic heterocycles. The zero-order valence-electron chi connectivity index (χ0n) is 16.8. The summed E-state index contributed by atoms with van der Waals surface area (Å²) in [4.78, 5) is 9.24. The highest BCUT2D eigenvalue weighted by molar-refractivity contribution is 5.88. The first-order chi connectivity index (χ1) is 14.1. The lowest BCUT2D eigenvalue weighted by molar-refractivity contribution is 0.684. The molecule has 4 aromatic rings. The lowest BCUT2D eigenvalue weighted by Gasteiger charge is -2.10. The van der Waals surface area contributed by atoms with Crippen LogP contribution in [0.2, 0.25) is 0 Å². The summed E-state index contributed by atoms with van der Waals surface area (Å²) in [5.41, 5.74) is 7.69. The molecule has 0 unspecified atom stereocenters. The van der Waals surface area contributed by atoms with Gasteiger partial charge in [0, 0.05) is 55.3 Å². The Morgan fingerprint density at radius 2 is 2.00 bits per heavy atom. The van der Waals surface area contributed by atoms with E-state index in [4.69, 9.17) is 4.98 Å². The Balaban J connectivity index is 1.49. The maximum absolute atomic E-state index is 4.72. The molecule has 0 fully saturated rings. The van der Waals surface area contributed by atoms with Crippen LogP contribution in [0.25, 0.3) is 22.2 Å². The van der Waals surface area contributed by atoms with E-state index in [1.807, 2.05) is 42.5 Å². The maximum atomic E-state index is 4.72. The van der Waals surface area contributed by atoms with Crippen LogP contribution < -0.4 is 5.32 Å². The van der Waals surface area contributed by atoms with Crippen molar-refractivity contribution in [3.05, 3.63) is 66.0 Å². The van der Waals surface area contributed by atoms with Gasteiger partial charge in [0.05, 0.1) is 23.6 Å². The minimum Gasteiger partial charge on any atom is -0.354 e. The minimum atomic E-state index is 0.553. The Labute approximate surface area is 169 Å². The molecule has 7 heteroatoms. The molecule has 0 atom stereocenters. The van der Waals surface area contributed by atoms with Gasteiger partial charge in [-0.25, -0.2) is 14.5 Å². The van der Waals surface area contributed by atoms with Gasteiger partial charge in [0.2, 0.25) is 5.95 Å². The van der Waals surface area contributed by atoms with Gasteiger partial charge in [-0.3, -0.25) is 4.68 Å². The van der Waals surface area contributed by atoms with Crippen LogP contribution in [-0.2, 0) is 13.5 Å². The van der Waals surface area contributed by atoms with E-state index in [1.54, 1.807) is 4.68 Å². The van der Waals surface area contributed by atoms with E-state index in [1.165, 1.54) is 5.57 Å². The Kier molecular flexibility index (Phi) is 4.16. The van der Waals surface area contributed by atoms with Crippen LogP contribution in [0.3, 0.4) is 0 Å². The number of fused-ring (bicyclic) bond motifs is 2. The van der Waals surface area contributed by atoms with Crippen LogP contribution in [0.4, 0.5) is 5.95 Å². The van der Waals surface area contributed by atoms with E-state index in [9.17, 15) is 0 Å². The highest BCUT2D eigenvalue weighted by atomic mass is 15.2. The highest BCUT2D eigenvalue weighted by Gasteiger charge is 2.19. The summed E-state index contributed by atoms with van der Waals surface area (Å²) >= 11 is 0. The molecule has 1 aliphatic rings. The van der Waals surface area contributed by atoms with E-state index in [0.29, 0.717) is 11.9 Å². The summed E-state index contributed by atoms with van der Waals surface area (Å²) in [5, 5.41) is 12.1. The van der Waals surface area contributed by atoms with Crippen LogP contribution in [0.15, 0.2) is 49.2 Å². The first kappa shape index (κ1) is 17.6. The van der Waals surface area contributed by atoms with Gasteiger partial charge in [-0.1, -0.05) is 19.9 Å². The number of hydrogen-bond acceptors (Lipinski definition) is 5. The van der Waals surface area contributed by atoms with E-state index >= 15 is 0 Å². The summed E-state index contributed by atoms with van der Waals surface area (Å²) in [5.74, 6) is 1.26. The molecule has 7 nitrogen and oxygen atoms in total. The zero-order chi connectivity index (χ0) is 20.0. The maximum Gasteiger partial charge on any atom is 0.222 e. The Morgan fingerprint density at radius 1 is 1.10 bits per heavy atom. The topological polar surface area (TPSA) is 72.9 Å². The van der Waals surface area contributed by atoms with Crippen molar-refractivity contribution in [1.29, 1.82) is 0 Å². The number of rotatable bonds is 5. The summed E-state index contributed by atoms with van der Waals surface area (Å²) in [6, 6.07) is 4.28. The van der Waals surface area contributed by atoms with Crippen LogP contribution in [0.5, 0.6) is 0 Å². The number of pyridine rings is 1. The van der Waals surface area contributed by atoms with Gasteiger partial charge in [-0.05, 0) is 29.2 Å². The standard InChI is InChI=1S/C22H23N7/c1-14(2)9-23-22-24-11-19-17(4-5-20(19)27-22)15-6-7-29-21(8-15)18(12-26-29)16-10-25-28(3)13-16/h4,6-8,10-14H,5,9H2,1-3H3,(H,23,24,27). The molecule has 0 saturated heterocycles. The molecule has 0 radical (unpaired) electrons. The molecule has 4 heterocycles. The average Bonchev–Trinajstić information content (AvgIpc) is 3.43. The summed E-state index contributed by atoms with van der Waals surface area (Å²) in [6.07, 6.45) is 12.8. The molecule has 0 spiro atoms. The first-order valence-electron chi connectivity index (χ1n) is 9.85. The van der Waals surface area contributed by atoms with Gasteiger partial charge >= 0.3 is 0 Å². The van der Waals surface area contributed by atoms with Gasteiger partial charge in [0.15, 0.2) is 0 Å². The Morgan fingerprint density at radius 3 is 2.79 bits per heavy atom. The molecule has 0 saturated carbocycles. The summed E-state index contributed by atoms with van der Waals surface area (Å²) < 4.78 is 3.71. The third-order valence-electron chi connectivity index (χ3n) is 5.17. The highest BCUT2D eigenvalue weighted by Crippen LogP contribution is 2.33. The smallest absolute Gasteiger partial charge is 0.222 e. The Bertz CT molecular complexity index is 1230. The molecule has 0 amide bonds. The predicted molar refractivity (Wildman–Crippen MR) is 114 cm³/mol.